The number of nitrogens with zero attached hydrogens (tertiary/aromatic N) is 2. The second-order valence-electron chi connectivity index (χ2n) is 10.1. The van der Waals surface area contributed by atoms with Gasteiger partial charge in [0.25, 0.3) is 11.8 Å². The topological polar surface area (TPSA) is 105 Å². The number of carbonyl (C=O) groups excluding carboxylic acids is 3. The van der Waals surface area contributed by atoms with Crippen molar-refractivity contribution in [3.05, 3.63) is 52.2 Å². The molecule has 1 saturated heterocycles. The highest BCUT2D eigenvalue weighted by molar-refractivity contribution is 7.12. The molecule has 1 aromatic carbocycles. The van der Waals surface area contributed by atoms with E-state index in [2.05, 4.69) is 5.32 Å². The second-order valence-corrected chi connectivity index (χ2v) is 11.1. The van der Waals surface area contributed by atoms with E-state index in [9.17, 15) is 14.4 Å². The van der Waals surface area contributed by atoms with Crippen LogP contribution < -0.4 is 15.8 Å². The average molecular weight is 511 g/mol. The van der Waals surface area contributed by atoms with Crippen LogP contribution in [0.1, 0.15) is 65.0 Å². The Morgan fingerprint density at radius 1 is 1.03 bits per heavy atom. The molecule has 2 aromatic rings. The molecular formula is C27H34N4O4S. The van der Waals surface area contributed by atoms with Crippen molar-refractivity contribution >= 4 is 29.1 Å². The van der Waals surface area contributed by atoms with Gasteiger partial charge in [-0.3, -0.25) is 14.4 Å². The Hall–Kier alpha value is -2.91. The number of rotatable bonds is 7. The first-order chi connectivity index (χ1) is 17.4. The third kappa shape index (κ3) is 5.27. The van der Waals surface area contributed by atoms with Gasteiger partial charge < -0.3 is 25.6 Å². The zero-order valence-corrected chi connectivity index (χ0v) is 21.4. The van der Waals surface area contributed by atoms with E-state index in [0.717, 1.165) is 38.5 Å². The molecular weight excluding hydrogens is 476 g/mol. The second kappa shape index (κ2) is 10.6. The first kappa shape index (κ1) is 24.8. The summed E-state index contributed by atoms with van der Waals surface area (Å²) in [6.45, 7) is 0.350. The van der Waals surface area contributed by atoms with Crippen LogP contribution in [-0.2, 0) is 4.79 Å². The maximum Gasteiger partial charge on any atom is 0.264 e. The smallest absolute Gasteiger partial charge is 0.264 e. The van der Waals surface area contributed by atoms with Crippen molar-refractivity contribution in [1.29, 1.82) is 0 Å². The number of nitrogens with one attached hydrogen (secondary N) is 1. The molecule has 0 spiro atoms. The fourth-order valence-corrected chi connectivity index (χ4v) is 6.14. The van der Waals surface area contributed by atoms with Gasteiger partial charge >= 0.3 is 0 Å². The summed E-state index contributed by atoms with van der Waals surface area (Å²) in [6, 6.07) is 10.3. The minimum Gasteiger partial charge on any atom is -0.497 e. The molecule has 36 heavy (non-hydrogen) atoms. The molecule has 192 valence electrons. The van der Waals surface area contributed by atoms with Crippen LogP contribution in [-0.4, -0.2) is 71.4 Å². The normalized spacial score (nSPS) is 25.9. The lowest BCUT2D eigenvalue weighted by Gasteiger charge is -2.29. The molecule has 5 rings (SSSR count). The summed E-state index contributed by atoms with van der Waals surface area (Å²) < 4.78 is 5.23. The average Bonchev–Trinajstić information content (AvgIpc) is 3.38. The van der Waals surface area contributed by atoms with Crippen LogP contribution in [0.3, 0.4) is 0 Å². The van der Waals surface area contributed by atoms with Crippen molar-refractivity contribution in [2.75, 3.05) is 13.7 Å². The lowest BCUT2D eigenvalue weighted by Crippen LogP contribution is -2.50. The molecule has 8 nitrogen and oxygen atoms in total. The van der Waals surface area contributed by atoms with E-state index in [4.69, 9.17) is 10.5 Å². The van der Waals surface area contributed by atoms with E-state index in [1.54, 1.807) is 42.3 Å². The number of carbonyl (C=O) groups is 3. The molecule has 2 heterocycles. The minimum atomic E-state index is -0.606. The molecule has 3 fully saturated rings. The number of hydrogen-bond acceptors (Lipinski definition) is 6. The van der Waals surface area contributed by atoms with Gasteiger partial charge in [-0.15, -0.1) is 11.3 Å². The van der Waals surface area contributed by atoms with E-state index >= 15 is 0 Å². The van der Waals surface area contributed by atoms with Crippen LogP contribution in [0.25, 0.3) is 0 Å². The number of hydrogen-bond donors (Lipinski definition) is 2. The SMILES string of the molecule is COc1ccc(C(=O)N(C2CC2)C2CC(C(=O)NC3CCC(N)CC3)N(C(=O)c3cccs3)C2)cc1. The molecule has 0 bridgehead atoms. The van der Waals surface area contributed by atoms with Crippen LogP contribution in [0.2, 0.25) is 0 Å². The fraction of sp³-hybridized carbons (Fsp3) is 0.519. The quantitative estimate of drug-likeness (QED) is 0.596. The zero-order valence-electron chi connectivity index (χ0n) is 20.6. The lowest BCUT2D eigenvalue weighted by molar-refractivity contribution is -0.125. The lowest BCUT2D eigenvalue weighted by atomic mass is 9.91. The third-order valence-electron chi connectivity index (χ3n) is 7.60. The Morgan fingerprint density at radius 3 is 2.36 bits per heavy atom. The Morgan fingerprint density at radius 2 is 1.75 bits per heavy atom. The molecule has 2 aliphatic carbocycles. The molecule has 0 radical (unpaired) electrons. The molecule has 3 amide bonds. The first-order valence-electron chi connectivity index (χ1n) is 12.8. The summed E-state index contributed by atoms with van der Waals surface area (Å²) in [5.41, 5.74) is 6.62. The number of nitrogens with two attached hydrogens (primary N) is 1. The van der Waals surface area contributed by atoms with Crippen LogP contribution >= 0.6 is 11.3 Å². The Bertz CT molecular complexity index is 1080. The van der Waals surface area contributed by atoms with Crippen molar-refractivity contribution in [3.63, 3.8) is 0 Å². The predicted octanol–water partition coefficient (Wildman–Crippen LogP) is 3.03. The van der Waals surface area contributed by atoms with Crippen LogP contribution in [0.15, 0.2) is 41.8 Å². The fourth-order valence-electron chi connectivity index (χ4n) is 5.46. The van der Waals surface area contributed by atoms with Crippen LogP contribution in [0.5, 0.6) is 5.75 Å². The number of amides is 3. The highest BCUT2D eigenvalue weighted by Crippen LogP contribution is 2.36. The van der Waals surface area contributed by atoms with Gasteiger partial charge in [0.15, 0.2) is 0 Å². The number of benzene rings is 1. The maximum atomic E-state index is 13.6. The van der Waals surface area contributed by atoms with Crippen LogP contribution in [0.4, 0.5) is 0 Å². The van der Waals surface area contributed by atoms with Crippen molar-refractivity contribution < 1.29 is 19.1 Å². The molecule has 9 heteroatoms. The summed E-state index contributed by atoms with van der Waals surface area (Å²) in [4.78, 5) is 44.8. The van der Waals surface area contributed by atoms with Gasteiger partial charge in [-0.1, -0.05) is 6.07 Å². The summed E-state index contributed by atoms with van der Waals surface area (Å²) in [5, 5.41) is 5.05. The number of thiophene rings is 1. The number of ether oxygens (including phenoxy) is 1. The largest absolute Gasteiger partial charge is 0.497 e. The van der Waals surface area contributed by atoms with Gasteiger partial charge in [0.1, 0.15) is 11.8 Å². The van der Waals surface area contributed by atoms with Crippen LogP contribution in [0, 0.1) is 0 Å². The van der Waals surface area contributed by atoms with Crippen molar-refractivity contribution in [2.24, 2.45) is 5.73 Å². The van der Waals surface area contributed by atoms with E-state index in [1.807, 2.05) is 16.3 Å². The summed E-state index contributed by atoms with van der Waals surface area (Å²) in [5.74, 6) is 0.357. The Labute approximate surface area is 215 Å². The molecule has 3 aliphatic rings. The van der Waals surface area contributed by atoms with Gasteiger partial charge in [0, 0.05) is 30.2 Å². The molecule has 2 saturated carbocycles. The summed E-state index contributed by atoms with van der Waals surface area (Å²) >= 11 is 1.37. The van der Waals surface area contributed by atoms with Crippen molar-refractivity contribution in [1.82, 2.24) is 15.1 Å². The van der Waals surface area contributed by atoms with E-state index in [-0.39, 0.29) is 41.9 Å². The zero-order chi connectivity index (χ0) is 25.2. The summed E-state index contributed by atoms with van der Waals surface area (Å²) in [7, 11) is 1.60. The highest BCUT2D eigenvalue weighted by atomic mass is 32.1. The standard InChI is InChI=1S/C27H34N4O4S/c1-35-22-12-4-17(5-13-22)26(33)31(20-10-11-20)21-15-23(25(32)29-19-8-6-18(28)7-9-19)30(16-21)27(34)24-3-2-14-36-24/h2-5,12-14,18-21,23H,6-11,15-16,28H2,1H3,(H,29,32). The molecule has 1 aromatic heterocycles. The third-order valence-corrected chi connectivity index (χ3v) is 8.46. The van der Waals surface area contributed by atoms with Gasteiger partial charge in [-0.05, 0) is 80.7 Å². The molecule has 1 aliphatic heterocycles. The van der Waals surface area contributed by atoms with E-state index in [0.29, 0.717) is 29.2 Å². The Kier molecular flexibility index (Phi) is 7.29. The minimum absolute atomic E-state index is 0.0593. The van der Waals surface area contributed by atoms with Gasteiger partial charge in [0.05, 0.1) is 18.0 Å². The predicted molar refractivity (Wildman–Crippen MR) is 138 cm³/mol. The van der Waals surface area contributed by atoms with E-state index in [1.165, 1.54) is 11.3 Å². The molecule has 2 atom stereocenters. The maximum absolute atomic E-state index is 13.6. The summed E-state index contributed by atoms with van der Waals surface area (Å²) in [6.07, 6.45) is 5.81. The number of likely N-dealkylation sites (tertiary alicyclic amines) is 1. The van der Waals surface area contributed by atoms with Gasteiger partial charge in [-0.2, -0.15) is 0 Å². The van der Waals surface area contributed by atoms with Gasteiger partial charge in [0.2, 0.25) is 5.91 Å². The van der Waals surface area contributed by atoms with Crippen molar-refractivity contribution in [3.8, 4) is 5.75 Å². The molecule has 2 unspecified atom stereocenters. The monoisotopic (exact) mass is 510 g/mol. The first-order valence-corrected chi connectivity index (χ1v) is 13.7. The Balaban J connectivity index is 1.36. The molecule has 3 N–H and O–H groups in total. The van der Waals surface area contributed by atoms with E-state index < -0.39 is 6.04 Å². The van der Waals surface area contributed by atoms with Gasteiger partial charge in [-0.25, -0.2) is 0 Å². The number of methoxy groups -OCH3 is 1. The van der Waals surface area contributed by atoms with Crippen molar-refractivity contribution in [2.45, 2.75) is 75.2 Å². The highest BCUT2D eigenvalue weighted by Gasteiger charge is 2.47.